The van der Waals surface area contributed by atoms with E-state index >= 15 is 0 Å². The standard InChI is InChI=1S/C15H11Br2N3O2/c1-22-13-5-10(16)14(17)9(15(13)21)6-18-8-2-3-11-12(4-8)20-7-19-11/h2-7,21H,1H3,(H,19,20). The number of benzene rings is 2. The summed E-state index contributed by atoms with van der Waals surface area (Å²) in [6, 6.07) is 7.32. The number of hydrogen-bond donors (Lipinski definition) is 2. The maximum Gasteiger partial charge on any atom is 0.167 e. The topological polar surface area (TPSA) is 70.5 Å². The Labute approximate surface area is 143 Å². The molecule has 0 saturated heterocycles. The highest BCUT2D eigenvalue weighted by atomic mass is 79.9. The molecule has 5 nitrogen and oxygen atoms in total. The van der Waals surface area contributed by atoms with Crippen LogP contribution in [0.15, 0.2) is 44.5 Å². The van der Waals surface area contributed by atoms with E-state index < -0.39 is 0 Å². The normalized spacial score (nSPS) is 11.4. The van der Waals surface area contributed by atoms with Gasteiger partial charge in [0.05, 0.1) is 35.7 Å². The van der Waals surface area contributed by atoms with Gasteiger partial charge in [-0.3, -0.25) is 4.99 Å². The molecule has 0 saturated carbocycles. The lowest BCUT2D eigenvalue weighted by Crippen LogP contribution is -1.91. The molecule has 7 heteroatoms. The molecule has 0 atom stereocenters. The maximum absolute atomic E-state index is 10.2. The summed E-state index contributed by atoms with van der Waals surface area (Å²) in [5, 5.41) is 10.2. The molecular weight excluding hydrogens is 414 g/mol. The number of aromatic hydroxyl groups is 1. The van der Waals surface area contributed by atoms with Crippen molar-refractivity contribution in [3.63, 3.8) is 0 Å². The van der Waals surface area contributed by atoms with Crippen LogP contribution in [0.3, 0.4) is 0 Å². The molecule has 0 radical (unpaired) electrons. The quantitative estimate of drug-likeness (QED) is 0.605. The van der Waals surface area contributed by atoms with Gasteiger partial charge in [-0.2, -0.15) is 0 Å². The number of fused-ring (bicyclic) bond motifs is 1. The number of imidazole rings is 1. The van der Waals surface area contributed by atoms with Crippen LogP contribution in [0, 0.1) is 0 Å². The molecule has 0 aliphatic carbocycles. The lowest BCUT2D eigenvalue weighted by Gasteiger charge is -2.09. The van der Waals surface area contributed by atoms with Crippen LogP contribution in [0.1, 0.15) is 5.56 Å². The van der Waals surface area contributed by atoms with E-state index in [1.54, 1.807) is 18.6 Å². The molecule has 2 N–H and O–H groups in total. The monoisotopic (exact) mass is 423 g/mol. The van der Waals surface area contributed by atoms with E-state index in [2.05, 4.69) is 46.8 Å². The zero-order valence-electron chi connectivity index (χ0n) is 11.5. The fourth-order valence-electron chi connectivity index (χ4n) is 2.03. The smallest absolute Gasteiger partial charge is 0.167 e. The van der Waals surface area contributed by atoms with Gasteiger partial charge in [-0.25, -0.2) is 4.98 Å². The second-order valence-corrected chi connectivity index (χ2v) is 6.15. The number of aromatic amines is 1. The summed E-state index contributed by atoms with van der Waals surface area (Å²) in [6.45, 7) is 0. The fourth-order valence-corrected chi connectivity index (χ4v) is 2.85. The highest BCUT2D eigenvalue weighted by Crippen LogP contribution is 2.39. The Morgan fingerprint density at radius 2 is 2.14 bits per heavy atom. The molecule has 0 spiro atoms. The third-order valence-corrected chi connectivity index (χ3v) is 5.17. The molecule has 0 aliphatic rings. The second kappa shape index (κ2) is 6.10. The van der Waals surface area contributed by atoms with Crippen molar-refractivity contribution in [1.82, 2.24) is 9.97 Å². The number of hydrogen-bond acceptors (Lipinski definition) is 4. The molecule has 3 aromatic rings. The van der Waals surface area contributed by atoms with E-state index in [0.717, 1.165) is 21.2 Å². The summed E-state index contributed by atoms with van der Waals surface area (Å²) in [6.07, 6.45) is 3.23. The van der Waals surface area contributed by atoms with Gasteiger partial charge in [0, 0.05) is 15.2 Å². The van der Waals surface area contributed by atoms with Crippen molar-refractivity contribution in [3.8, 4) is 11.5 Å². The van der Waals surface area contributed by atoms with Crippen LogP contribution in [0.25, 0.3) is 11.0 Å². The predicted octanol–water partition coefficient (Wildman–Crippen LogP) is 4.55. The number of nitrogens with zero attached hydrogens (tertiary/aromatic N) is 2. The molecule has 0 unspecified atom stereocenters. The third kappa shape index (κ3) is 2.74. The largest absolute Gasteiger partial charge is 0.504 e. The van der Waals surface area contributed by atoms with E-state index in [-0.39, 0.29) is 5.75 Å². The van der Waals surface area contributed by atoms with Gasteiger partial charge in [0.1, 0.15) is 0 Å². The van der Waals surface area contributed by atoms with Crippen molar-refractivity contribution in [2.45, 2.75) is 0 Å². The van der Waals surface area contributed by atoms with E-state index in [4.69, 9.17) is 4.74 Å². The Balaban J connectivity index is 2.03. The first kappa shape index (κ1) is 15.1. The number of phenolic OH excluding ortho intramolecular Hbond substituents is 1. The van der Waals surface area contributed by atoms with Crippen molar-refractivity contribution in [1.29, 1.82) is 0 Å². The SMILES string of the molecule is COc1cc(Br)c(Br)c(C=Nc2ccc3nc[nH]c3c2)c1O. The van der Waals surface area contributed by atoms with Gasteiger partial charge in [0.15, 0.2) is 11.5 Å². The molecule has 3 rings (SSSR count). The lowest BCUT2D eigenvalue weighted by molar-refractivity contribution is 0.372. The maximum atomic E-state index is 10.2. The van der Waals surface area contributed by atoms with Crippen LogP contribution in [0.5, 0.6) is 11.5 Å². The van der Waals surface area contributed by atoms with Gasteiger partial charge in [0.2, 0.25) is 0 Å². The Morgan fingerprint density at radius 1 is 1.32 bits per heavy atom. The molecule has 1 heterocycles. The average molecular weight is 425 g/mol. The number of phenols is 1. The molecule has 0 bridgehead atoms. The summed E-state index contributed by atoms with van der Waals surface area (Å²) in [7, 11) is 1.50. The Bertz CT molecular complexity index is 875. The van der Waals surface area contributed by atoms with Gasteiger partial charge in [-0.05, 0) is 56.1 Å². The third-order valence-electron chi connectivity index (χ3n) is 3.16. The second-order valence-electron chi connectivity index (χ2n) is 4.50. The van der Waals surface area contributed by atoms with E-state index in [9.17, 15) is 5.11 Å². The molecule has 112 valence electrons. The number of nitrogens with one attached hydrogen (secondary N) is 1. The summed E-state index contributed by atoms with van der Waals surface area (Å²) < 4.78 is 6.62. The van der Waals surface area contributed by atoms with Crippen LogP contribution in [0.4, 0.5) is 5.69 Å². The lowest BCUT2D eigenvalue weighted by atomic mass is 10.2. The first-order valence-corrected chi connectivity index (χ1v) is 7.91. The molecule has 1 aromatic heterocycles. The van der Waals surface area contributed by atoms with Crippen LogP contribution in [-0.2, 0) is 0 Å². The average Bonchev–Trinajstić information content (AvgIpc) is 2.98. The van der Waals surface area contributed by atoms with E-state index in [1.165, 1.54) is 7.11 Å². The van der Waals surface area contributed by atoms with E-state index in [1.807, 2.05) is 18.2 Å². The zero-order chi connectivity index (χ0) is 15.7. The van der Waals surface area contributed by atoms with Crippen LogP contribution in [-0.4, -0.2) is 28.4 Å². The van der Waals surface area contributed by atoms with Gasteiger partial charge < -0.3 is 14.8 Å². The van der Waals surface area contributed by atoms with E-state index in [0.29, 0.717) is 15.8 Å². The number of aliphatic imine (C=N–C) groups is 1. The van der Waals surface area contributed by atoms with Gasteiger partial charge >= 0.3 is 0 Å². The number of H-pyrrole nitrogens is 1. The van der Waals surface area contributed by atoms with Crippen molar-refractivity contribution in [3.05, 3.63) is 45.1 Å². The molecule has 22 heavy (non-hydrogen) atoms. The minimum atomic E-state index is 0.0314. The molecular formula is C15H11Br2N3O2. The zero-order valence-corrected chi connectivity index (χ0v) is 14.6. The highest BCUT2D eigenvalue weighted by molar-refractivity contribution is 9.13. The number of methoxy groups -OCH3 is 1. The predicted molar refractivity (Wildman–Crippen MR) is 93.4 cm³/mol. The van der Waals surface area contributed by atoms with Crippen LogP contribution in [0.2, 0.25) is 0 Å². The molecule has 0 aliphatic heterocycles. The van der Waals surface area contributed by atoms with Gasteiger partial charge in [-0.1, -0.05) is 0 Å². The Kier molecular flexibility index (Phi) is 4.17. The Morgan fingerprint density at radius 3 is 2.91 bits per heavy atom. The van der Waals surface area contributed by atoms with Gasteiger partial charge in [-0.15, -0.1) is 0 Å². The fraction of sp³-hybridized carbons (Fsp3) is 0.0667. The van der Waals surface area contributed by atoms with Crippen LogP contribution >= 0.6 is 31.9 Å². The van der Waals surface area contributed by atoms with Gasteiger partial charge in [0.25, 0.3) is 0 Å². The summed E-state index contributed by atoms with van der Waals surface area (Å²) in [4.78, 5) is 11.6. The van der Waals surface area contributed by atoms with Crippen molar-refractivity contribution < 1.29 is 9.84 Å². The summed E-state index contributed by atoms with van der Waals surface area (Å²) in [5.41, 5.74) is 3.08. The first-order valence-electron chi connectivity index (χ1n) is 6.32. The first-order chi connectivity index (χ1) is 10.6. The number of rotatable bonds is 3. The Hall–Kier alpha value is -1.86. The highest BCUT2D eigenvalue weighted by Gasteiger charge is 2.14. The minimum absolute atomic E-state index is 0.0314. The summed E-state index contributed by atoms with van der Waals surface area (Å²) in [5.74, 6) is 0.407. The summed E-state index contributed by atoms with van der Waals surface area (Å²) >= 11 is 6.84. The van der Waals surface area contributed by atoms with Crippen molar-refractivity contribution in [2.24, 2.45) is 4.99 Å². The van der Waals surface area contributed by atoms with Crippen molar-refractivity contribution >= 4 is 54.8 Å². The number of halogens is 2. The number of ether oxygens (including phenoxy) is 1. The minimum Gasteiger partial charge on any atom is -0.504 e. The van der Waals surface area contributed by atoms with Crippen LogP contribution < -0.4 is 4.74 Å². The molecule has 0 fully saturated rings. The molecule has 2 aromatic carbocycles. The van der Waals surface area contributed by atoms with Crippen molar-refractivity contribution in [2.75, 3.05) is 7.11 Å². The number of aromatic nitrogens is 2. The molecule has 0 amide bonds.